The Kier molecular flexibility index (Phi) is 2.57. The highest BCUT2D eigenvalue weighted by Gasteiger charge is 2.14. The molecule has 0 saturated carbocycles. The minimum absolute atomic E-state index is 0.780. The zero-order chi connectivity index (χ0) is 11.0. The van der Waals surface area contributed by atoms with Gasteiger partial charge in [0.1, 0.15) is 11.5 Å². The summed E-state index contributed by atoms with van der Waals surface area (Å²) >= 11 is 3.58. The molecule has 0 atom stereocenters. The average molecular weight is 282 g/mol. The maximum absolute atomic E-state index is 5.33. The fraction of sp³-hybridized carbons (Fsp3) is 0.364. The maximum Gasteiger partial charge on any atom is 0.140 e. The molecule has 0 unspecified atom stereocenters. The van der Waals surface area contributed by atoms with Crippen LogP contribution in [0, 0.1) is 0 Å². The second-order valence-corrected chi connectivity index (χ2v) is 4.66. The van der Waals surface area contributed by atoms with E-state index >= 15 is 0 Å². The molecule has 0 aliphatic carbocycles. The third-order valence-corrected chi connectivity index (χ3v) is 3.46. The van der Waals surface area contributed by atoms with Crippen LogP contribution in [0.4, 0.5) is 5.82 Å². The van der Waals surface area contributed by atoms with Gasteiger partial charge in [0.25, 0.3) is 0 Å². The number of aromatic amines is 1. The number of morpholine rings is 1. The van der Waals surface area contributed by atoms with Crippen LogP contribution in [-0.2, 0) is 4.74 Å². The lowest BCUT2D eigenvalue weighted by atomic mass is 10.3. The molecule has 16 heavy (non-hydrogen) atoms. The predicted molar refractivity (Wildman–Crippen MR) is 66.8 cm³/mol. The molecule has 3 heterocycles. The average Bonchev–Trinajstić information content (AvgIpc) is 2.79. The second kappa shape index (κ2) is 4.07. The standard InChI is InChI=1S/C11H12BrN3O/c12-9-7-10(15-3-5-16-6-4-15)14-11-8(9)1-2-13-11/h1-2,7H,3-6H2,(H,13,14). The van der Waals surface area contributed by atoms with E-state index in [9.17, 15) is 0 Å². The molecule has 2 aromatic heterocycles. The monoisotopic (exact) mass is 281 g/mol. The van der Waals surface area contributed by atoms with E-state index in [0.29, 0.717) is 0 Å². The van der Waals surface area contributed by atoms with Gasteiger partial charge in [0.15, 0.2) is 0 Å². The number of pyridine rings is 1. The molecule has 1 saturated heterocycles. The minimum Gasteiger partial charge on any atom is -0.378 e. The zero-order valence-electron chi connectivity index (χ0n) is 8.74. The Balaban J connectivity index is 2.02. The van der Waals surface area contributed by atoms with Gasteiger partial charge in [0.2, 0.25) is 0 Å². The van der Waals surface area contributed by atoms with Gasteiger partial charge in [-0.1, -0.05) is 0 Å². The topological polar surface area (TPSA) is 41.1 Å². The highest BCUT2D eigenvalue weighted by atomic mass is 79.9. The molecule has 0 bridgehead atoms. The fourth-order valence-corrected chi connectivity index (χ4v) is 2.46. The van der Waals surface area contributed by atoms with Gasteiger partial charge in [-0.05, 0) is 28.1 Å². The van der Waals surface area contributed by atoms with Crippen LogP contribution in [0.15, 0.2) is 22.8 Å². The number of aromatic nitrogens is 2. The predicted octanol–water partition coefficient (Wildman–Crippen LogP) is 2.16. The second-order valence-electron chi connectivity index (χ2n) is 3.80. The molecule has 1 aliphatic heterocycles. The number of halogens is 1. The van der Waals surface area contributed by atoms with Crippen molar-refractivity contribution in [3.8, 4) is 0 Å². The largest absolute Gasteiger partial charge is 0.378 e. The molecule has 0 spiro atoms. The highest BCUT2D eigenvalue weighted by molar-refractivity contribution is 9.10. The summed E-state index contributed by atoms with van der Waals surface area (Å²) in [6.45, 7) is 3.38. The molecule has 4 nitrogen and oxygen atoms in total. The summed E-state index contributed by atoms with van der Waals surface area (Å²) in [5.41, 5.74) is 0.927. The van der Waals surface area contributed by atoms with Gasteiger partial charge in [0, 0.05) is 29.1 Å². The summed E-state index contributed by atoms with van der Waals surface area (Å²) in [6.07, 6.45) is 1.91. The lowest BCUT2D eigenvalue weighted by Gasteiger charge is -2.27. The van der Waals surface area contributed by atoms with Crippen molar-refractivity contribution in [2.24, 2.45) is 0 Å². The summed E-state index contributed by atoms with van der Waals surface area (Å²) in [5, 5.41) is 1.12. The van der Waals surface area contributed by atoms with E-state index < -0.39 is 0 Å². The first-order chi connectivity index (χ1) is 7.84. The van der Waals surface area contributed by atoms with Crippen LogP contribution in [0.1, 0.15) is 0 Å². The van der Waals surface area contributed by atoms with Crippen molar-refractivity contribution in [1.29, 1.82) is 0 Å². The van der Waals surface area contributed by atoms with Crippen molar-refractivity contribution in [2.45, 2.75) is 0 Å². The lowest BCUT2D eigenvalue weighted by Crippen LogP contribution is -2.36. The van der Waals surface area contributed by atoms with Crippen molar-refractivity contribution in [1.82, 2.24) is 9.97 Å². The SMILES string of the molecule is Brc1cc(N2CCOCC2)nc2[nH]ccc12. The third-order valence-electron chi connectivity index (χ3n) is 2.80. The van der Waals surface area contributed by atoms with E-state index in [1.54, 1.807) is 0 Å². The normalized spacial score (nSPS) is 16.9. The van der Waals surface area contributed by atoms with Crippen LogP contribution in [0.3, 0.4) is 0 Å². The van der Waals surface area contributed by atoms with Gasteiger partial charge >= 0.3 is 0 Å². The van der Waals surface area contributed by atoms with Crippen LogP contribution >= 0.6 is 15.9 Å². The summed E-state index contributed by atoms with van der Waals surface area (Å²) in [4.78, 5) is 9.99. The Hall–Kier alpha value is -1.07. The quantitative estimate of drug-likeness (QED) is 0.871. The third kappa shape index (κ3) is 1.70. The molecule has 0 aromatic carbocycles. The van der Waals surface area contributed by atoms with Gasteiger partial charge < -0.3 is 14.6 Å². The van der Waals surface area contributed by atoms with E-state index in [0.717, 1.165) is 47.6 Å². The summed E-state index contributed by atoms with van der Waals surface area (Å²) < 4.78 is 6.42. The fourth-order valence-electron chi connectivity index (χ4n) is 1.94. The number of nitrogens with one attached hydrogen (secondary N) is 1. The summed E-state index contributed by atoms with van der Waals surface area (Å²) in [6, 6.07) is 4.09. The minimum atomic E-state index is 0.780. The van der Waals surface area contributed by atoms with E-state index in [4.69, 9.17) is 4.74 Å². The molecule has 3 rings (SSSR count). The number of anilines is 1. The van der Waals surface area contributed by atoms with Gasteiger partial charge in [-0.25, -0.2) is 4.98 Å². The molecule has 2 aromatic rings. The first kappa shape index (κ1) is 10.1. The number of hydrogen-bond acceptors (Lipinski definition) is 3. The Bertz CT molecular complexity index is 505. The lowest BCUT2D eigenvalue weighted by molar-refractivity contribution is 0.122. The van der Waals surface area contributed by atoms with Crippen LogP contribution in [-0.4, -0.2) is 36.3 Å². The smallest absolute Gasteiger partial charge is 0.140 e. The molecule has 1 aliphatic rings. The summed E-state index contributed by atoms with van der Waals surface area (Å²) in [5.74, 6) is 1.00. The molecule has 0 radical (unpaired) electrons. The molecular formula is C11H12BrN3O. The molecule has 5 heteroatoms. The van der Waals surface area contributed by atoms with Gasteiger partial charge in [-0.3, -0.25) is 0 Å². The van der Waals surface area contributed by atoms with E-state index in [1.807, 2.05) is 12.3 Å². The van der Waals surface area contributed by atoms with E-state index in [-0.39, 0.29) is 0 Å². The number of hydrogen-bond donors (Lipinski definition) is 1. The van der Waals surface area contributed by atoms with Crippen LogP contribution in [0.5, 0.6) is 0 Å². The molecule has 0 amide bonds. The van der Waals surface area contributed by atoms with Gasteiger partial charge in [0.05, 0.1) is 13.2 Å². The number of fused-ring (bicyclic) bond motifs is 1. The zero-order valence-corrected chi connectivity index (χ0v) is 10.3. The van der Waals surface area contributed by atoms with Crippen molar-refractivity contribution in [2.75, 3.05) is 31.2 Å². The molecule has 84 valence electrons. The van der Waals surface area contributed by atoms with Crippen molar-refractivity contribution in [3.05, 3.63) is 22.8 Å². The maximum atomic E-state index is 5.33. The Labute approximate surface area is 102 Å². The van der Waals surface area contributed by atoms with Crippen LogP contribution < -0.4 is 4.90 Å². The number of nitrogens with zero attached hydrogens (tertiary/aromatic N) is 2. The number of H-pyrrole nitrogens is 1. The first-order valence-corrected chi connectivity index (χ1v) is 6.10. The first-order valence-electron chi connectivity index (χ1n) is 5.31. The Morgan fingerprint density at radius 3 is 3.00 bits per heavy atom. The molecule has 1 fully saturated rings. The van der Waals surface area contributed by atoms with Crippen LogP contribution in [0.2, 0.25) is 0 Å². The highest BCUT2D eigenvalue weighted by Crippen LogP contribution is 2.26. The Morgan fingerprint density at radius 2 is 2.19 bits per heavy atom. The van der Waals surface area contributed by atoms with Crippen molar-refractivity contribution < 1.29 is 4.74 Å². The van der Waals surface area contributed by atoms with E-state index in [1.165, 1.54) is 0 Å². The van der Waals surface area contributed by atoms with Gasteiger partial charge in [-0.2, -0.15) is 0 Å². The number of rotatable bonds is 1. The molecular weight excluding hydrogens is 270 g/mol. The Morgan fingerprint density at radius 1 is 1.38 bits per heavy atom. The summed E-state index contributed by atoms with van der Waals surface area (Å²) in [7, 11) is 0. The van der Waals surface area contributed by atoms with Crippen molar-refractivity contribution >= 4 is 32.8 Å². The number of ether oxygens (including phenoxy) is 1. The van der Waals surface area contributed by atoms with Crippen molar-refractivity contribution in [3.63, 3.8) is 0 Å². The van der Waals surface area contributed by atoms with Crippen LogP contribution in [0.25, 0.3) is 11.0 Å². The van der Waals surface area contributed by atoms with E-state index in [2.05, 4.69) is 36.9 Å². The molecule has 1 N–H and O–H groups in total. The van der Waals surface area contributed by atoms with Gasteiger partial charge in [-0.15, -0.1) is 0 Å².